The molecule has 1 aliphatic heterocycles. The van der Waals surface area contributed by atoms with Crippen molar-refractivity contribution < 1.29 is 8.42 Å². The summed E-state index contributed by atoms with van der Waals surface area (Å²) >= 11 is 3.32. The Morgan fingerprint density at radius 1 is 1.50 bits per heavy atom. The smallest absolute Gasteiger partial charge is 0.186 e. The highest BCUT2D eigenvalue weighted by atomic mass is 79.9. The highest BCUT2D eigenvalue weighted by Crippen LogP contribution is 2.34. The standard InChI is InChI=1S/C10H13BrN2O2S/c1-6-10(5-12)16(14,15)9-3-2-7(11)4-8(9)13-6/h2-4,6,10,13H,5,12H2,1H3. The van der Waals surface area contributed by atoms with Crippen LogP contribution in [-0.4, -0.2) is 26.3 Å². The van der Waals surface area contributed by atoms with Gasteiger partial charge in [0.1, 0.15) is 0 Å². The van der Waals surface area contributed by atoms with Gasteiger partial charge in [0.2, 0.25) is 0 Å². The number of hydrogen-bond acceptors (Lipinski definition) is 4. The molecule has 1 aliphatic rings. The zero-order valence-corrected chi connectivity index (χ0v) is 11.2. The van der Waals surface area contributed by atoms with Crippen LogP contribution in [0, 0.1) is 0 Å². The van der Waals surface area contributed by atoms with Crippen LogP contribution in [0.4, 0.5) is 5.69 Å². The molecule has 88 valence electrons. The van der Waals surface area contributed by atoms with Gasteiger partial charge in [0, 0.05) is 17.1 Å². The third kappa shape index (κ3) is 1.74. The first-order chi connectivity index (χ1) is 7.46. The lowest BCUT2D eigenvalue weighted by molar-refractivity contribution is 0.560. The maximum atomic E-state index is 12.2. The van der Waals surface area contributed by atoms with Crippen LogP contribution >= 0.6 is 15.9 Å². The Bertz CT molecular complexity index is 516. The number of fused-ring (bicyclic) bond motifs is 1. The molecule has 0 spiro atoms. The second-order valence-electron chi connectivity index (χ2n) is 3.89. The Hall–Kier alpha value is -0.590. The van der Waals surface area contributed by atoms with Gasteiger partial charge in [-0.25, -0.2) is 8.42 Å². The summed E-state index contributed by atoms with van der Waals surface area (Å²) in [6.45, 7) is 1.96. The van der Waals surface area contributed by atoms with Crippen LogP contribution in [0.3, 0.4) is 0 Å². The van der Waals surface area contributed by atoms with E-state index < -0.39 is 15.1 Å². The molecule has 0 bridgehead atoms. The molecule has 0 amide bonds. The Kier molecular flexibility index (Phi) is 2.98. The Balaban J connectivity index is 2.62. The van der Waals surface area contributed by atoms with Crippen LogP contribution in [0.1, 0.15) is 6.92 Å². The molecular formula is C10H13BrN2O2S. The minimum Gasteiger partial charge on any atom is -0.380 e. The maximum Gasteiger partial charge on any atom is 0.186 e. The molecule has 16 heavy (non-hydrogen) atoms. The lowest BCUT2D eigenvalue weighted by atomic mass is 10.2. The first-order valence-corrected chi connectivity index (χ1v) is 7.31. The minimum absolute atomic E-state index is 0.131. The number of sulfone groups is 1. The molecule has 0 aromatic heterocycles. The molecular weight excluding hydrogens is 292 g/mol. The van der Waals surface area contributed by atoms with E-state index in [1.165, 1.54) is 0 Å². The van der Waals surface area contributed by atoms with E-state index in [4.69, 9.17) is 5.73 Å². The van der Waals surface area contributed by atoms with Crippen molar-refractivity contribution in [2.75, 3.05) is 11.9 Å². The number of rotatable bonds is 1. The van der Waals surface area contributed by atoms with Gasteiger partial charge in [-0.3, -0.25) is 0 Å². The Morgan fingerprint density at radius 3 is 2.81 bits per heavy atom. The summed E-state index contributed by atoms with van der Waals surface area (Å²) in [4.78, 5) is 0.337. The summed E-state index contributed by atoms with van der Waals surface area (Å²) in [7, 11) is -3.31. The zero-order valence-electron chi connectivity index (χ0n) is 8.77. The highest BCUT2D eigenvalue weighted by Gasteiger charge is 2.37. The van der Waals surface area contributed by atoms with Crippen molar-refractivity contribution in [3.8, 4) is 0 Å². The van der Waals surface area contributed by atoms with Gasteiger partial charge in [0.05, 0.1) is 15.8 Å². The van der Waals surface area contributed by atoms with E-state index in [0.29, 0.717) is 10.6 Å². The van der Waals surface area contributed by atoms with Crippen LogP contribution in [0.5, 0.6) is 0 Å². The highest BCUT2D eigenvalue weighted by molar-refractivity contribution is 9.10. The van der Waals surface area contributed by atoms with E-state index in [-0.39, 0.29) is 12.6 Å². The van der Waals surface area contributed by atoms with Crippen LogP contribution in [0.15, 0.2) is 27.6 Å². The average Bonchev–Trinajstić information content (AvgIpc) is 2.16. The van der Waals surface area contributed by atoms with Gasteiger partial charge < -0.3 is 11.1 Å². The van der Waals surface area contributed by atoms with Crippen molar-refractivity contribution in [1.82, 2.24) is 0 Å². The fraction of sp³-hybridized carbons (Fsp3) is 0.400. The third-order valence-electron chi connectivity index (χ3n) is 2.82. The molecule has 0 aliphatic carbocycles. The maximum absolute atomic E-state index is 12.2. The summed E-state index contributed by atoms with van der Waals surface area (Å²) in [6, 6.07) is 4.94. The van der Waals surface area contributed by atoms with Crippen LogP contribution in [0.25, 0.3) is 0 Å². The van der Waals surface area contributed by atoms with E-state index in [1.54, 1.807) is 18.2 Å². The molecule has 2 rings (SSSR count). The summed E-state index contributed by atoms with van der Waals surface area (Å²) < 4.78 is 25.3. The molecule has 0 saturated heterocycles. The number of nitrogens with one attached hydrogen (secondary N) is 1. The molecule has 1 heterocycles. The Labute approximate surface area is 103 Å². The number of anilines is 1. The molecule has 0 fully saturated rings. The van der Waals surface area contributed by atoms with Gasteiger partial charge in [0.25, 0.3) is 0 Å². The predicted molar refractivity (Wildman–Crippen MR) is 67.3 cm³/mol. The average molecular weight is 305 g/mol. The molecule has 1 aromatic carbocycles. The molecule has 3 N–H and O–H groups in total. The second kappa shape index (κ2) is 4.01. The van der Waals surface area contributed by atoms with Gasteiger partial charge in [-0.2, -0.15) is 0 Å². The van der Waals surface area contributed by atoms with Gasteiger partial charge in [-0.15, -0.1) is 0 Å². The van der Waals surface area contributed by atoms with E-state index >= 15 is 0 Å². The quantitative estimate of drug-likeness (QED) is 0.822. The van der Waals surface area contributed by atoms with E-state index in [1.807, 2.05) is 6.92 Å². The Morgan fingerprint density at radius 2 is 2.19 bits per heavy atom. The van der Waals surface area contributed by atoms with Crippen molar-refractivity contribution in [3.05, 3.63) is 22.7 Å². The van der Waals surface area contributed by atoms with Crippen molar-refractivity contribution in [1.29, 1.82) is 0 Å². The summed E-state index contributed by atoms with van der Waals surface area (Å²) in [6.07, 6.45) is 0. The van der Waals surface area contributed by atoms with Gasteiger partial charge in [0.15, 0.2) is 9.84 Å². The molecule has 0 radical (unpaired) electrons. The molecule has 2 unspecified atom stereocenters. The predicted octanol–water partition coefficient (Wildman–Crippen LogP) is 1.36. The van der Waals surface area contributed by atoms with E-state index in [9.17, 15) is 8.42 Å². The van der Waals surface area contributed by atoms with Crippen molar-refractivity contribution in [2.45, 2.75) is 23.1 Å². The lowest BCUT2D eigenvalue weighted by Gasteiger charge is -2.31. The van der Waals surface area contributed by atoms with Crippen LogP contribution < -0.4 is 11.1 Å². The minimum atomic E-state index is -3.31. The second-order valence-corrected chi connectivity index (χ2v) is 6.94. The van der Waals surface area contributed by atoms with Gasteiger partial charge in [-0.05, 0) is 25.1 Å². The number of halogens is 1. The normalized spacial score (nSPS) is 26.9. The fourth-order valence-electron chi connectivity index (χ4n) is 1.96. The monoisotopic (exact) mass is 304 g/mol. The lowest BCUT2D eigenvalue weighted by Crippen LogP contribution is -2.46. The first kappa shape index (κ1) is 11.9. The number of benzene rings is 1. The molecule has 4 nitrogen and oxygen atoms in total. The molecule has 2 atom stereocenters. The van der Waals surface area contributed by atoms with Crippen LogP contribution in [-0.2, 0) is 9.84 Å². The number of nitrogens with two attached hydrogens (primary N) is 1. The van der Waals surface area contributed by atoms with E-state index in [0.717, 1.165) is 4.47 Å². The van der Waals surface area contributed by atoms with Crippen molar-refractivity contribution >= 4 is 31.5 Å². The molecule has 0 saturated carbocycles. The van der Waals surface area contributed by atoms with E-state index in [2.05, 4.69) is 21.2 Å². The van der Waals surface area contributed by atoms with Gasteiger partial charge in [-0.1, -0.05) is 15.9 Å². The third-order valence-corrected chi connectivity index (χ3v) is 5.68. The largest absolute Gasteiger partial charge is 0.380 e. The number of hydrogen-bond donors (Lipinski definition) is 2. The van der Waals surface area contributed by atoms with Gasteiger partial charge >= 0.3 is 0 Å². The van der Waals surface area contributed by atoms with Crippen molar-refractivity contribution in [3.63, 3.8) is 0 Å². The fourth-order valence-corrected chi connectivity index (χ4v) is 4.19. The summed E-state index contributed by atoms with van der Waals surface area (Å²) in [5.74, 6) is 0. The molecule has 1 aromatic rings. The summed E-state index contributed by atoms with van der Waals surface area (Å²) in [5, 5.41) is 2.61. The first-order valence-electron chi connectivity index (χ1n) is 4.97. The zero-order chi connectivity index (χ0) is 11.9. The van der Waals surface area contributed by atoms with Crippen molar-refractivity contribution in [2.24, 2.45) is 5.73 Å². The summed E-state index contributed by atoms with van der Waals surface area (Å²) in [5.41, 5.74) is 6.17. The topological polar surface area (TPSA) is 72.2 Å². The van der Waals surface area contributed by atoms with Crippen LogP contribution in [0.2, 0.25) is 0 Å². The molecule has 6 heteroatoms. The SMILES string of the molecule is CC1Nc2cc(Br)ccc2S(=O)(=O)C1CN.